The first-order valence-electron chi connectivity index (χ1n) is 6.14. The average molecular weight is 237 g/mol. The number of rotatable bonds is 6. The summed E-state index contributed by atoms with van der Waals surface area (Å²) in [6, 6.07) is 7.42. The number of aliphatic hydroxyl groups is 1. The van der Waals surface area contributed by atoms with E-state index in [-0.39, 0.29) is 23.8 Å². The zero-order chi connectivity index (χ0) is 12.9. The summed E-state index contributed by atoms with van der Waals surface area (Å²) in [6.45, 7) is 7.15. The third kappa shape index (κ3) is 4.02. The molecule has 17 heavy (non-hydrogen) atoms. The van der Waals surface area contributed by atoms with Crippen molar-refractivity contribution in [2.75, 3.05) is 13.2 Å². The third-order valence-electron chi connectivity index (χ3n) is 3.44. The van der Waals surface area contributed by atoms with Gasteiger partial charge in [-0.1, -0.05) is 26.0 Å². The molecular formula is C14H23NO2. The first-order chi connectivity index (χ1) is 8.00. The highest BCUT2D eigenvalue weighted by molar-refractivity contribution is 5.29. The summed E-state index contributed by atoms with van der Waals surface area (Å²) in [6.07, 6.45) is 0.934. The van der Waals surface area contributed by atoms with Crippen LogP contribution in [0.1, 0.15) is 38.8 Å². The van der Waals surface area contributed by atoms with Crippen LogP contribution in [-0.4, -0.2) is 23.4 Å². The molecule has 1 aromatic carbocycles. The van der Waals surface area contributed by atoms with E-state index in [9.17, 15) is 10.2 Å². The highest BCUT2D eigenvalue weighted by Gasteiger charge is 2.21. The topological polar surface area (TPSA) is 52.5 Å². The molecule has 0 amide bonds. The van der Waals surface area contributed by atoms with Gasteiger partial charge < -0.3 is 15.5 Å². The molecule has 0 aliphatic heterocycles. The molecule has 0 saturated heterocycles. The van der Waals surface area contributed by atoms with Gasteiger partial charge in [0, 0.05) is 24.6 Å². The lowest BCUT2D eigenvalue weighted by molar-refractivity contribution is 0.132. The van der Waals surface area contributed by atoms with Crippen molar-refractivity contribution in [3.05, 3.63) is 29.8 Å². The first kappa shape index (κ1) is 14.0. The predicted molar refractivity (Wildman–Crippen MR) is 70.0 cm³/mol. The summed E-state index contributed by atoms with van der Waals surface area (Å²) < 4.78 is 0. The van der Waals surface area contributed by atoms with Gasteiger partial charge in [0.25, 0.3) is 0 Å². The third-order valence-corrected chi connectivity index (χ3v) is 3.44. The summed E-state index contributed by atoms with van der Waals surface area (Å²) in [7, 11) is 0. The van der Waals surface area contributed by atoms with Crippen molar-refractivity contribution in [3.8, 4) is 5.75 Å². The van der Waals surface area contributed by atoms with Crippen LogP contribution < -0.4 is 5.32 Å². The number of aromatic hydroxyl groups is 1. The van der Waals surface area contributed by atoms with E-state index in [1.807, 2.05) is 12.1 Å². The molecule has 1 aromatic rings. The Kier molecular flexibility index (Phi) is 4.97. The second kappa shape index (κ2) is 6.03. The van der Waals surface area contributed by atoms with Crippen LogP contribution in [0.4, 0.5) is 0 Å². The van der Waals surface area contributed by atoms with E-state index in [0.717, 1.165) is 18.5 Å². The quantitative estimate of drug-likeness (QED) is 0.712. The lowest BCUT2D eigenvalue weighted by Crippen LogP contribution is -2.35. The Morgan fingerprint density at radius 1 is 1.41 bits per heavy atom. The molecule has 0 spiro atoms. The van der Waals surface area contributed by atoms with E-state index in [4.69, 9.17) is 0 Å². The van der Waals surface area contributed by atoms with E-state index in [1.54, 1.807) is 12.1 Å². The molecule has 2 unspecified atom stereocenters. The predicted octanol–water partition coefficient (Wildman–Crippen LogP) is 2.45. The molecule has 1 rings (SSSR count). The number of aliphatic hydroxyl groups excluding tert-OH is 1. The zero-order valence-electron chi connectivity index (χ0n) is 10.9. The fraction of sp³-hybridized carbons (Fsp3) is 0.571. The molecule has 0 aliphatic carbocycles. The molecular weight excluding hydrogens is 214 g/mol. The molecule has 96 valence electrons. The minimum absolute atomic E-state index is 0.0783. The highest BCUT2D eigenvalue weighted by Crippen LogP contribution is 2.22. The van der Waals surface area contributed by atoms with E-state index in [0.29, 0.717) is 0 Å². The van der Waals surface area contributed by atoms with Crippen molar-refractivity contribution in [2.45, 2.75) is 33.2 Å². The maximum atomic E-state index is 9.41. The van der Waals surface area contributed by atoms with Crippen LogP contribution in [0.15, 0.2) is 24.3 Å². The molecule has 0 radical (unpaired) electrons. The van der Waals surface area contributed by atoms with Crippen molar-refractivity contribution in [2.24, 2.45) is 5.41 Å². The number of benzene rings is 1. The van der Waals surface area contributed by atoms with Crippen molar-refractivity contribution < 1.29 is 10.2 Å². The van der Waals surface area contributed by atoms with Gasteiger partial charge in [0.1, 0.15) is 5.75 Å². The second-order valence-electron chi connectivity index (χ2n) is 5.02. The Morgan fingerprint density at radius 2 is 2.12 bits per heavy atom. The molecule has 0 aromatic heterocycles. The summed E-state index contributed by atoms with van der Waals surface area (Å²) >= 11 is 0. The molecule has 3 nitrogen and oxygen atoms in total. The molecule has 3 heteroatoms. The Labute approximate surface area is 103 Å². The molecule has 0 fully saturated rings. The number of hydrogen-bond acceptors (Lipinski definition) is 3. The normalized spacial score (nSPS) is 16.5. The van der Waals surface area contributed by atoms with Gasteiger partial charge in [-0.05, 0) is 31.0 Å². The van der Waals surface area contributed by atoms with E-state index < -0.39 is 0 Å². The van der Waals surface area contributed by atoms with Crippen molar-refractivity contribution in [1.82, 2.24) is 5.32 Å². The highest BCUT2D eigenvalue weighted by atomic mass is 16.3. The minimum atomic E-state index is -0.0783. The lowest BCUT2D eigenvalue weighted by Gasteiger charge is -2.28. The number of phenolic OH excluding ortho intramolecular Hbond substituents is 1. The Morgan fingerprint density at radius 3 is 2.65 bits per heavy atom. The van der Waals surface area contributed by atoms with Crippen molar-refractivity contribution in [1.29, 1.82) is 0 Å². The summed E-state index contributed by atoms with van der Waals surface area (Å²) in [5, 5.41) is 22.1. The van der Waals surface area contributed by atoms with Gasteiger partial charge in [-0.25, -0.2) is 0 Å². The van der Waals surface area contributed by atoms with Crippen LogP contribution >= 0.6 is 0 Å². The zero-order valence-corrected chi connectivity index (χ0v) is 10.9. The van der Waals surface area contributed by atoms with E-state index in [2.05, 4.69) is 26.1 Å². The average Bonchev–Trinajstić information content (AvgIpc) is 2.35. The second-order valence-corrected chi connectivity index (χ2v) is 5.02. The molecule has 2 atom stereocenters. The van der Waals surface area contributed by atoms with Crippen LogP contribution in [0.25, 0.3) is 0 Å². The number of nitrogens with one attached hydrogen (secondary N) is 1. The smallest absolute Gasteiger partial charge is 0.115 e. The SMILES string of the molecule is CCC(C)(CO)CNC(C)c1cccc(O)c1. The monoisotopic (exact) mass is 237 g/mol. The molecule has 0 saturated carbocycles. The first-order valence-corrected chi connectivity index (χ1v) is 6.14. The van der Waals surface area contributed by atoms with Crippen molar-refractivity contribution in [3.63, 3.8) is 0 Å². The van der Waals surface area contributed by atoms with Crippen LogP contribution in [0.2, 0.25) is 0 Å². The molecule has 3 N–H and O–H groups in total. The molecule has 0 heterocycles. The fourth-order valence-corrected chi connectivity index (χ4v) is 1.60. The van der Waals surface area contributed by atoms with Gasteiger partial charge in [-0.3, -0.25) is 0 Å². The van der Waals surface area contributed by atoms with Gasteiger partial charge in [0.05, 0.1) is 0 Å². The lowest BCUT2D eigenvalue weighted by atomic mass is 9.88. The summed E-state index contributed by atoms with van der Waals surface area (Å²) in [5.74, 6) is 0.288. The van der Waals surface area contributed by atoms with Gasteiger partial charge in [-0.15, -0.1) is 0 Å². The maximum absolute atomic E-state index is 9.41. The van der Waals surface area contributed by atoms with Crippen molar-refractivity contribution >= 4 is 0 Å². The van der Waals surface area contributed by atoms with Crippen LogP contribution in [0.3, 0.4) is 0 Å². The fourth-order valence-electron chi connectivity index (χ4n) is 1.60. The van der Waals surface area contributed by atoms with E-state index in [1.165, 1.54) is 0 Å². The van der Waals surface area contributed by atoms with Gasteiger partial charge in [-0.2, -0.15) is 0 Å². The van der Waals surface area contributed by atoms with Gasteiger partial charge in [0.2, 0.25) is 0 Å². The number of phenols is 1. The standard InChI is InChI=1S/C14H23NO2/c1-4-14(3,10-16)9-15-11(2)12-6-5-7-13(17)8-12/h5-8,11,15-17H,4,9-10H2,1-3H3. The van der Waals surface area contributed by atoms with Gasteiger partial charge >= 0.3 is 0 Å². The summed E-state index contributed by atoms with van der Waals surface area (Å²) in [5.41, 5.74) is 0.979. The van der Waals surface area contributed by atoms with Crippen LogP contribution in [0, 0.1) is 5.41 Å². The van der Waals surface area contributed by atoms with Crippen LogP contribution in [0.5, 0.6) is 5.75 Å². The van der Waals surface area contributed by atoms with Crippen LogP contribution in [-0.2, 0) is 0 Å². The van der Waals surface area contributed by atoms with E-state index >= 15 is 0 Å². The summed E-state index contributed by atoms with van der Waals surface area (Å²) in [4.78, 5) is 0. The molecule has 0 bridgehead atoms. The molecule has 0 aliphatic rings. The Balaban J connectivity index is 2.58. The number of hydrogen-bond donors (Lipinski definition) is 3. The van der Waals surface area contributed by atoms with Gasteiger partial charge in [0.15, 0.2) is 0 Å². The Hall–Kier alpha value is -1.06. The minimum Gasteiger partial charge on any atom is -0.508 e. The largest absolute Gasteiger partial charge is 0.508 e. The maximum Gasteiger partial charge on any atom is 0.115 e. The Bertz CT molecular complexity index is 348.